The Labute approximate surface area is 137 Å². The van der Waals surface area contributed by atoms with E-state index in [4.69, 9.17) is 9.47 Å². The predicted molar refractivity (Wildman–Crippen MR) is 89.4 cm³/mol. The first-order valence-corrected chi connectivity index (χ1v) is 8.10. The number of carbonyl (C=O) groups excluding carboxylic acids is 1. The minimum atomic E-state index is -0.499. The zero-order valence-corrected chi connectivity index (χ0v) is 13.5. The van der Waals surface area contributed by atoms with Crippen LogP contribution in [0.4, 0.5) is 0 Å². The van der Waals surface area contributed by atoms with Crippen molar-refractivity contribution in [1.29, 1.82) is 0 Å². The molecule has 0 aliphatic heterocycles. The molecule has 0 bridgehead atoms. The van der Waals surface area contributed by atoms with Crippen LogP contribution in [0, 0.1) is 0 Å². The van der Waals surface area contributed by atoms with Gasteiger partial charge in [0.05, 0.1) is 12.5 Å². The van der Waals surface area contributed by atoms with Crippen molar-refractivity contribution in [2.75, 3.05) is 7.11 Å². The number of hydrogen-bond acceptors (Lipinski definition) is 3. The van der Waals surface area contributed by atoms with E-state index in [-0.39, 0.29) is 5.97 Å². The molecule has 0 N–H and O–H groups in total. The molecule has 23 heavy (non-hydrogen) atoms. The minimum absolute atomic E-state index is 0.129. The molecule has 1 saturated carbocycles. The molecule has 0 saturated heterocycles. The van der Waals surface area contributed by atoms with Gasteiger partial charge in [0.25, 0.3) is 0 Å². The summed E-state index contributed by atoms with van der Waals surface area (Å²) in [5, 5.41) is 0. The van der Waals surface area contributed by atoms with Crippen molar-refractivity contribution in [1.82, 2.24) is 0 Å². The van der Waals surface area contributed by atoms with Gasteiger partial charge in [-0.1, -0.05) is 55.3 Å². The van der Waals surface area contributed by atoms with Crippen LogP contribution in [0.2, 0.25) is 0 Å². The molecule has 0 heterocycles. The van der Waals surface area contributed by atoms with Crippen LogP contribution in [0.5, 0.6) is 5.75 Å². The normalized spacial score (nSPS) is 16.0. The maximum absolute atomic E-state index is 12.4. The third-order valence-electron chi connectivity index (χ3n) is 4.67. The Morgan fingerprint density at radius 1 is 1.04 bits per heavy atom. The van der Waals surface area contributed by atoms with Gasteiger partial charge >= 0.3 is 5.97 Å². The van der Waals surface area contributed by atoms with Crippen molar-refractivity contribution in [3.05, 3.63) is 65.7 Å². The van der Waals surface area contributed by atoms with Crippen LogP contribution < -0.4 is 4.74 Å². The highest BCUT2D eigenvalue weighted by Gasteiger charge is 2.43. The van der Waals surface area contributed by atoms with Gasteiger partial charge in [-0.15, -0.1) is 0 Å². The van der Waals surface area contributed by atoms with Gasteiger partial charge in [-0.2, -0.15) is 0 Å². The molecule has 120 valence electrons. The molecule has 1 aliphatic rings. The third kappa shape index (κ3) is 3.24. The van der Waals surface area contributed by atoms with Gasteiger partial charge in [0.15, 0.2) is 0 Å². The van der Waals surface area contributed by atoms with Crippen LogP contribution >= 0.6 is 0 Å². The van der Waals surface area contributed by atoms with Gasteiger partial charge in [-0.05, 0) is 36.1 Å². The highest BCUT2D eigenvalue weighted by atomic mass is 16.5. The molecule has 3 nitrogen and oxygen atoms in total. The molecular weight excluding hydrogens is 288 g/mol. The number of carbonyl (C=O) groups is 1. The standard InChI is InChI=1S/C20H22O3/c1-22-19(21)20(12-5-6-13-20)17-10-7-11-18(14-17)23-15-16-8-3-2-4-9-16/h2-4,7-11,14H,5-6,12-13,15H2,1H3. The minimum Gasteiger partial charge on any atom is -0.489 e. The first-order chi connectivity index (χ1) is 11.2. The lowest BCUT2D eigenvalue weighted by Gasteiger charge is -2.26. The molecule has 0 unspecified atom stereocenters. The topological polar surface area (TPSA) is 35.5 Å². The Kier molecular flexibility index (Phi) is 4.65. The molecule has 2 aromatic carbocycles. The van der Waals surface area contributed by atoms with Crippen molar-refractivity contribution in [3.63, 3.8) is 0 Å². The monoisotopic (exact) mass is 310 g/mol. The molecule has 0 radical (unpaired) electrons. The van der Waals surface area contributed by atoms with Crippen LogP contribution in [0.3, 0.4) is 0 Å². The fourth-order valence-corrected chi connectivity index (χ4v) is 3.41. The van der Waals surface area contributed by atoms with Gasteiger partial charge in [-0.3, -0.25) is 4.79 Å². The summed E-state index contributed by atoms with van der Waals surface area (Å²) in [5.74, 6) is 0.664. The highest BCUT2D eigenvalue weighted by Crippen LogP contribution is 2.43. The summed E-state index contributed by atoms with van der Waals surface area (Å²) in [7, 11) is 1.47. The van der Waals surface area contributed by atoms with Gasteiger partial charge < -0.3 is 9.47 Å². The van der Waals surface area contributed by atoms with Crippen LogP contribution in [0.1, 0.15) is 36.8 Å². The molecule has 1 fully saturated rings. The van der Waals surface area contributed by atoms with Crippen molar-refractivity contribution >= 4 is 5.97 Å². The SMILES string of the molecule is COC(=O)C1(c2cccc(OCc3ccccc3)c2)CCCC1. The second kappa shape index (κ2) is 6.86. The first-order valence-electron chi connectivity index (χ1n) is 8.10. The lowest BCUT2D eigenvalue weighted by Crippen LogP contribution is -2.34. The lowest BCUT2D eigenvalue weighted by molar-refractivity contribution is -0.147. The highest BCUT2D eigenvalue weighted by molar-refractivity contribution is 5.83. The van der Waals surface area contributed by atoms with E-state index in [1.54, 1.807) is 0 Å². The maximum Gasteiger partial charge on any atom is 0.316 e. The van der Waals surface area contributed by atoms with E-state index >= 15 is 0 Å². The number of rotatable bonds is 5. The Balaban J connectivity index is 1.80. The Morgan fingerprint density at radius 3 is 2.48 bits per heavy atom. The number of methoxy groups -OCH3 is 1. The van der Waals surface area contributed by atoms with E-state index in [2.05, 4.69) is 0 Å². The number of ether oxygens (including phenoxy) is 2. The lowest BCUT2D eigenvalue weighted by atomic mass is 9.79. The summed E-state index contributed by atoms with van der Waals surface area (Å²) in [6, 6.07) is 18.0. The van der Waals surface area contributed by atoms with Crippen LogP contribution in [0.25, 0.3) is 0 Å². The summed E-state index contributed by atoms with van der Waals surface area (Å²) < 4.78 is 11.0. The van der Waals surface area contributed by atoms with Gasteiger partial charge in [0, 0.05) is 0 Å². The second-order valence-corrected chi connectivity index (χ2v) is 6.08. The first kappa shape index (κ1) is 15.6. The predicted octanol–water partition coefficient (Wildman–Crippen LogP) is 4.25. The smallest absolute Gasteiger partial charge is 0.316 e. The van der Waals surface area contributed by atoms with E-state index in [1.165, 1.54) is 7.11 Å². The van der Waals surface area contributed by atoms with E-state index in [1.807, 2.05) is 54.6 Å². The molecule has 0 atom stereocenters. The average molecular weight is 310 g/mol. The van der Waals surface area contributed by atoms with Crippen LogP contribution in [-0.2, 0) is 21.6 Å². The second-order valence-electron chi connectivity index (χ2n) is 6.08. The van der Waals surface area contributed by atoms with Gasteiger partial charge in [-0.25, -0.2) is 0 Å². The van der Waals surface area contributed by atoms with Crippen LogP contribution in [0.15, 0.2) is 54.6 Å². The van der Waals surface area contributed by atoms with Crippen molar-refractivity contribution in [2.24, 2.45) is 0 Å². The number of esters is 1. The van der Waals surface area contributed by atoms with Crippen molar-refractivity contribution in [2.45, 2.75) is 37.7 Å². The molecule has 1 aliphatic carbocycles. The van der Waals surface area contributed by atoms with E-state index < -0.39 is 5.41 Å². The van der Waals surface area contributed by atoms with E-state index in [0.29, 0.717) is 6.61 Å². The Morgan fingerprint density at radius 2 is 1.78 bits per heavy atom. The summed E-state index contributed by atoms with van der Waals surface area (Å²) >= 11 is 0. The van der Waals surface area contributed by atoms with Gasteiger partial charge in [0.2, 0.25) is 0 Å². The molecule has 0 aromatic heterocycles. The van der Waals surface area contributed by atoms with Gasteiger partial charge in [0.1, 0.15) is 12.4 Å². The Hall–Kier alpha value is -2.29. The zero-order valence-electron chi connectivity index (χ0n) is 13.5. The molecule has 2 aromatic rings. The van der Waals surface area contributed by atoms with Crippen molar-refractivity contribution < 1.29 is 14.3 Å². The van der Waals surface area contributed by atoms with E-state index in [9.17, 15) is 4.79 Å². The quantitative estimate of drug-likeness (QED) is 0.774. The largest absolute Gasteiger partial charge is 0.489 e. The summed E-state index contributed by atoms with van der Waals surface area (Å²) in [4.78, 5) is 12.4. The average Bonchev–Trinajstić information content (AvgIpc) is 3.11. The summed E-state index contributed by atoms with van der Waals surface area (Å²) in [5.41, 5.74) is 1.63. The summed E-state index contributed by atoms with van der Waals surface area (Å²) in [6.45, 7) is 0.523. The van der Waals surface area contributed by atoms with Crippen LogP contribution in [-0.4, -0.2) is 13.1 Å². The van der Waals surface area contributed by atoms with E-state index in [0.717, 1.165) is 42.6 Å². The summed E-state index contributed by atoms with van der Waals surface area (Å²) in [6.07, 6.45) is 3.82. The molecule has 3 heteroatoms. The third-order valence-corrected chi connectivity index (χ3v) is 4.67. The molecule has 0 amide bonds. The molecular formula is C20H22O3. The number of benzene rings is 2. The maximum atomic E-state index is 12.4. The zero-order chi connectivity index (χ0) is 16.1. The molecule has 3 rings (SSSR count). The molecule has 0 spiro atoms. The number of hydrogen-bond donors (Lipinski definition) is 0. The Bertz CT molecular complexity index is 658. The fourth-order valence-electron chi connectivity index (χ4n) is 3.41. The fraction of sp³-hybridized carbons (Fsp3) is 0.350. The van der Waals surface area contributed by atoms with Crippen molar-refractivity contribution in [3.8, 4) is 5.75 Å².